The number of benzene rings is 2. The Morgan fingerprint density at radius 1 is 0.939 bits per heavy atom. The van der Waals surface area contributed by atoms with Gasteiger partial charge in [0.1, 0.15) is 0 Å². The molecule has 1 fully saturated rings. The summed E-state index contributed by atoms with van der Waals surface area (Å²) >= 11 is 0. The van der Waals surface area contributed by atoms with Gasteiger partial charge in [0, 0.05) is 25.6 Å². The number of likely N-dealkylation sites (tertiary alicyclic amines) is 1. The average Bonchev–Trinajstić information content (AvgIpc) is 3.03. The van der Waals surface area contributed by atoms with Crippen LogP contribution in [0.3, 0.4) is 0 Å². The zero-order valence-corrected chi connectivity index (χ0v) is 20.8. The van der Waals surface area contributed by atoms with E-state index in [0.29, 0.717) is 28.5 Å². The van der Waals surface area contributed by atoms with E-state index in [9.17, 15) is 13.2 Å². The smallest absolute Gasteiger partial charge is 0.222 e. The predicted octanol–water partition coefficient (Wildman–Crippen LogP) is 4.86. The summed E-state index contributed by atoms with van der Waals surface area (Å²) in [6.45, 7) is 6.99. The number of sulfone groups is 1. The van der Waals surface area contributed by atoms with Crippen LogP contribution in [0.4, 0.5) is 0 Å². The zero-order valence-electron chi connectivity index (χ0n) is 20.0. The van der Waals surface area contributed by atoms with Gasteiger partial charge in [0.25, 0.3) is 0 Å². The van der Waals surface area contributed by atoms with Gasteiger partial charge in [-0.05, 0) is 75.3 Å². The molecular weight excluding hydrogens is 432 g/mol. The molecule has 0 aliphatic carbocycles. The Kier molecular flexibility index (Phi) is 9.51. The molecule has 180 valence electrons. The number of nitrogens with zero attached hydrogens (tertiary/aromatic N) is 1. The third-order valence-electron chi connectivity index (χ3n) is 6.70. The van der Waals surface area contributed by atoms with Crippen molar-refractivity contribution in [2.75, 3.05) is 19.6 Å². The molecule has 5 nitrogen and oxygen atoms in total. The molecule has 2 atom stereocenters. The summed E-state index contributed by atoms with van der Waals surface area (Å²) in [7, 11) is -3.54. The normalized spacial score (nSPS) is 16.9. The molecule has 3 rings (SSSR count). The molecule has 0 aromatic heterocycles. The van der Waals surface area contributed by atoms with Crippen molar-refractivity contribution in [3.8, 4) is 0 Å². The van der Waals surface area contributed by atoms with Gasteiger partial charge in [0.2, 0.25) is 15.7 Å². The second-order valence-electron chi connectivity index (χ2n) is 9.25. The van der Waals surface area contributed by atoms with Crippen molar-refractivity contribution in [1.29, 1.82) is 0 Å². The van der Waals surface area contributed by atoms with Gasteiger partial charge < -0.3 is 10.2 Å². The summed E-state index contributed by atoms with van der Waals surface area (Å²) in [4.78, 5) is 14.9. The fraction of sp³-hybridized carbons (Fsp3) is 0.519. The number of nitrogens with one attached hydrogen (secondary N) is 1. The SMILES string of the molecule is CC(Cc1ccccc1S(=O)(=O)c1ccccc1)C(C)NCCCCN1CCCCCC1=O. The van der Waals surface area contributed by atoms with Gasteiger partial charge >= 0.3 is 0 Å². The molecule has 1 heterocycles. The fourth-order valence-corrected chi connectivity index (χ4v) is 5.94. The van der Waals surface area contributed by atoms with Crippen LogP contribution in [0.2, 0.25) is 0 Å². The van der Waals surface area contributed by atoms with E-state index in [1.165, 1.54) is 0 Å². The van der Waals surface area contributed by atoms with Crippen molar-refractivity contribution < 1.29 is 13.2 Å². The van der Waals surface area contributed by atoms with Crippen LogP contribution in [0.5, 0.6) is 0 Å². The molecule has 6 heteroatoms. The van der Waals surface area contributed by atoms with Crippen molar-refractivity contribution >= 4 is 15.7 Å². The lowest BCUT2D eigenvalue weighted by Crippen LogP contribution is -2.35. The largest absolute Gasteiger partial charge is 0.343 e. The number of hydrogen-bond donors (Lipinski definition) is 1. The predicted molar refractivity (Wildman–Crippen MR) is 133 cm³/mol. The number of carbonyl (C=O) groups excluding carboxylic acids is 1. The van der Waals surface area contributed by atoms with Crippen LogP contribution in [-0.2, 0) is 21.1 Å². The quantitative estimate of drug-likeness (QED) is 0.476. The van der Waals surface area contributed by atoms with Gasteiger partial charge in [-0.15, -0.1) is 0 Å². The summed E-state index contributed by atoms with van der Waals surface area (Å²) in [6, 6.07) is 16.3. The maximum Gasteiger partial charge on any atom is 0.222 e. The molecular formula is C27H38N2O3S. The lowest BCUT2D eigenvalue weighted by atomic mass is 9.95. The number of carbonyl (C=O) groups is 1. The summed E-state index contributed by atoms with van der Waals surface area (Å²) in [5.41, 5.74) is 0.863. The summed E-state index contributed by atoms with van der Waals surface area (Å²) < 4.78 is 26.4. The molecule has 1 aliphatic rings. The maximum absolute atomic E-state index is 13.2. The molecule has 2 aromatic rings. The molecule has 1 aliphatic heterocycles. The van der Waals surface area contributed by atoms with Crippen molar-refractivity contribution in [1.82, 2.24) is 10.2 Å². The second-order valence-corrected chi connectivity index (χ2v) is 11.2. The van der Waals surface area contributed by atoms with Crippen molar-refractivity contribution in [3.05, 3.63) is 60.2 Å². The Morgan fingerprint density at radius 3 is 2.45 bits per heavy atom. The fourth-order valence-electron chi connectivity index (χ4n) is 4.42. The topological polar surface area (TPSA) is 66.5 Å². The third-order valence-corrected chi connectivity index (χ3v) is 8.57. The Bertz CT molecular complexity index is 991. The second kappa shape index (κ2) is 12.3. The lowest BCUT2D eigenvalue weighted by molar-refractivity contribution is -0.130. The first-order valence-corrected chi connectivity index (χ1v) is 13.8. The number of unbranched alkanes of at least 4 members (excludes halogenated alkanes) is 1. The molecule has 0 saturated carbocycles. The van der Waals surface area contributed by atoms with E-state index in [1.54, 1.807) is 36.4 Å². The van der Waals surface area contributed by atoms with Crippen LogP contribution in [0, 0.1) is 5.92 Å². The molecule has 0 radical (unpaired) electrons. The van der Waals surface area contributed by atoms with E-state index in [0.717, 1.165) is 57.3 Å². The number of amides is 1. The highest BCUT2D eigenvalue weighted by molar-refractivity contribution is 7.91. The maximum atomic E-state index is 13.2. The first-order chi connectivity index (χ1) is 15.9. The van der Waals surface area contributed by atoms with Gasteiger partial charge in [-0.3, -0.25) is 4.79 Å². The Morgan fingerprint density at radius 2 is 1.67 bits per heavy atom. The highest BCUT2D eigenvalue weighted by atomic mass is 32.2. The Balaban J connectivity index is 1.50. The first-order valence-electron chi connectivity index (χ1n) is 12.3. The van der Waals surface area contributed by atoms with Gasteiger partial charge in [-0.25, -0.2) is 8.42 Å². The van der Waals surface area contributed by atoms with Crippen LogP contribution in [-0.4, -0.2) is 44.9 Å². The van der Waals surface area contributed by atoms with Gasteiger partial charge in [-0.2, -0.15) is 0 Å². The minimum Gasteiger partial charge on any atom is -0.343 e. The van der Waals surface area contributed by atoms with Gasteiger partial charge in [-0.1, -0.05) is 49.7 Å². The molecule has 33 heavy (non-hydrogen) atoms. The van der Waals surface area contributed by atoms with Crippen LogP contribution < -0.4 is 5.32 Å². The average molecular weight is 471 g/mol. The molecule has 2 unspecified atom stereocenters. The van der Waals surface area contributed by atoms with Gasteiger partial charge in [0.05, 0.1) is 9.79 Å². The van der Waals surface area contributed by atoms with Crippen LogP contribution in [0.25, 0.3) is 0 Å². The molecule has 2 aromatic carbocycles. The molecule has 0 bridgehead atoms. The van der Waals surface area contributed by atoms with E-state index < -0.39 is 9.84 Å². The standard InChI is InChI=1S/C27H38N2O3S/c1-22(23(2)28-18-10-12-20-29-19-11-4-7-17-27(29)30)21-24-13-8-9-16-26(24)33(31,32)25-14-5-3-6-15-25/h3,5-6,8-9,13-16,22-23,28H,4,7,10-12,17-21H2,1-2H3. The van der Waals surface area contributed by atoms with Crippen molar-refractivity contribution in [2.24, 2.45) is 5.92 Å². The molecule has 0 spiro atoms. The Hall–Kier alpha value is -2.18. The summed E-state index contributed by atoms with van der Waals surface area (Å²) in [5.74, 6) is 0.593. The lowest BCUT2D eigenvalue weighted by Gasteiger charge is -2.23. The number of rotatable bonds is 11. The summed E-state index contributed by atoms with van der Waals surface area (Å²) in [5, 5.41) is 3.60. The van der Waals surface area contributed by atoms with Crippen molar-refractivity contribution in [2.45, 2.75) is 74.6 Å². The van der Waals surface area contributed by atoms with E-state index in [2.05, 4.69) is 19.2 Å². The highest BCUT2D eigenvalue weighted by Crippen LogP contribution is 2.26. The number of hydrogen-bond acceptors (Lipinski definition) is 4. The van der Waals surface area contributed by atoms with Crippen LogP contribution in [0.15, 0.2) is 64.4 Å². The minimum atomic E-state index is -3.54. The van der Waals surface area contributed by atoms with E-state index in [-0.39, 0.29) is 12.0 Å². The molecule has 1 saturated heterocycles. The van der Waals surface area contributed by atoms with Gasteiger partial charge in [0.15, 0.2) is 0 Å². The van der Waals surface area contributed by atoms with Crippen LogP contribution >= 0.6 is 0 Å². The zero-order chi connectivity index (χ0) is 23.7. The third kappa shape index (κ3) is 7.15. The van der Waals surface area contributed by atoms with Crippen LogP contribution in [0.1, 0.15) is 57.9 Å². The molecule has 1 N–H and O–H groups in total. The monoisotopic (exact) mass is 470 g/mol. The highest BCUT2D eigenvalue weighted by Gasteiger charge is 2.23. The van der Waals surface area contributed by atoms with E-state index in [4.69, 9.17) is 0 Å². The summed E-state index contributed by atoms with van der Waals surface area (Å²) in [6.07, 6.45) is 6.75. The van der Waals surface area contributed by atoms with E-state index >= 15 is 0 Å². The first kappa shape index (κ1) is 25.4. The Labute approximate surface area is 199 Å². The minimum absolute atomic E-state index is 0.261. The van der Waals surface area contributed by atoms with Crippen molar-refractivity contribution in [3.63, 3.8) is 0 Å². The molecule has 1 amide bonds. The van der Waals surface area contributed by atoms with E-state index in [1.807, 2.05) is 23.1 Å².